The number of esters is 1. The van der Waals surface area contributed by atoms with Crippen molar-refractivity contribution in [1.82, 2.24) is 0 Å². The van der Waals surface area contributed by atoms with E-state index in [0.29, 0.717) is 11.1 Å². The number of hydrogen-bond acceptors (Lipinski definition) is 8. The van der Waals surface area contributed by atoms with Gasteiger partial charge in [-0.1, -0.05) is 24.3 Å². The van der Waals surface area contributed by atoms with Gasteiger partial charge < -0.3 is 23.7 Å². The first-order valence-electron chi connectivity index (χ1n) is 10.4. The zero-order valence-corrected chi connectivity index (χ0v) is 18.2. The second-order valence-corrected chi connectivity index (χ2v) is 8.08. The number of carbonyl (C=O) groups is 1. The highest BCUT2D eigenvalue weighted by Gasteiger charge is 2.48. The molecule has 2 aromatic rings. The Labute approximate surface area is 191 Å². The van der Waals surface area contributed by atoms with Crippen molar-refractivity contribution in [2.75, 3.05) is 6.61 Å². The van der Waals surface area contributed by atoms with E-state index in [1.807, 2.05) is 0 Å². The maximum absolute atomic E-state index is 12.7. The quantitative estimate of drug-likeness (QED) is 0.595. The molecular formula is C25H22N2O6. The SMILES string of the molecule is CC1(C)OC[C@@H]([C@H]2OC(=O)C(OCc3ccc(C#N)cc3)=C2OCc2ccc(C#N)cc2)O1. The minimum Gasteiger partial charge on any atom is -0.485 e. The number of carbonyl (C=O) groups excluding carboxylic acids is 1. The highest BCUT2D eigenvalue weighted by Crippen LogP contribution is 2.35. The number of hydrogen-bond donors (Lipinski definition) is 0. The maximum atomic E-state index is 12.7. The van der Waals surface area contributed by atoms with E-state index < -0.39 is 24.0 Å². The maximum Gasteiger partial charge on any atom is 0.378 e. The molecule has 2 heterocycles. The molecule has 8 nitrogen and oxygen atoms in total. The van der Waals surface area contributed by atoms with Crippen LogP contribution in [0, 0.1) is 22.7 Å². The zero-order chi connectivity index (χ0) is 23.4. The fourth-order valence-electron chi connectivity index (χ4n) is 3.51. The summed E-state index contributed by atoms with van der Waals surface area (Å²) < 4.78 is 28.9. The minimum absolute atomic E-state index is 0.0219. The molecule has 1 fully saturated rings. The van der Waals surface area contributed by atoms with E-state index in [1.54, 1.807) is 62.4 Å². The van der Waals surface area contributed by atoms with Gasteiger partial charge in [-0.15, -0.1) is 0 Å². The van der Waals surface area contributed by atoms with Crippen LogP contribution in [0.4, 0.5) is 0 Å². The van der Waals surface area contributed by atoms with Gasteiger partial charge in [-0.2, -0.15) is 10.5 Å². The van der Waals surface area contributed by atoms with Gasteiger partial charge in [0.15, 0.2) is 17.7 Å². The van der Waals surface area contributed by atoms with E-state index in [-0.39, 0.29) is 31.3 Å². The molecule has 2 aromatic carbocycles. The fourth-order valence-corrected chi connectivity index (χ4v) is 3.51. The number of benzene rings is 2. The predicted molar refractivity (Wildman–Crippen MR) is 114 cm³/mol. The molecule has 0 bridgehead atoms. The molecule has 0 saturated carbocycles. The van der Waals surface area contributed by atoms with Gasteiger partial charge in [0.05, 0.1) is 29.9 Å². The first-order chi connectivity index (χ1) is 15.9. The van der Waals surface area contributed by atoms with Crippen LogP contribution in [0.2, 0.25) is 0 Å². The van der Waals surface area contributed by atoms with E-state index in [9.17, 15) is 4.79 Å². The summed E-state index contributed by atoms with van der Waals surface area (Å²) in [5, 5.41) is 17.9. The third-order valence-electron chi connectivity index (χ3n) is 5.21. The minimum atomic E-state index is -0.811. The molecular weight excluding hydrogens is 424 g/mol. The number of cyclic esters (lactones) is 1. The molecule has 0 aliphatic carbocycles. The number of nitrogens with zero attached hydrogens (tertiary/aromatic N) is 2. The van der Waals surface area contributed by atoms with E-state index in [2.05, 4.69) is 12.1 Å². The van der Waals surface area contributed by atoms with Crippen LogP contribution in [0.5, 0.6) is 0 Å². The Kier molecular flexibility index (Phi) is 6.32. The topological polar surface area (TPSA) is 111 Å². The predicted octanol–water partition coefficient (Wildman–Crippen LogP) is 3.45. The Morgan fingerprint density at radius 3 is 1.97 bits per heavy atom. The van der Waals surface area contributed by atoms with Gasteiger partial charge in [-0.25, -0.2) is 4.79 Å². The van der Waals surface area contributed by atoms with Crippen molar-refractivity contribution in [3.63, 3.8) is 0 Å². The Morgan fingerprint density at radius 2 is 1.48 bits per heavy atom. The van der Waals surface area contributed by atoms with Gasteiger partial charge in [0, 0.05) is 0 Å². The van der Waals surface area contributed by atoms with Crippen molar-refractivity contribution >= 4 is 5.97 Å². The van der Waals surface area contributed by atoms with Crippen LogP contribution < -0.4 is 0 Å². The third kappa shape index (κ3) is 5.15. The molecule has 0 radical (unpaired) electrons. The van der Waals surface area contributed by atoms with Crippen molar-refractivity contribution in [2.45, 2.75) is 45.1 Å². The summed E-state index contributed by atoms with van der Waals surface area (Å²) in [6.45, 7) is 4.05. The second kappa shape index (κ2) is 9.33. The van der Waals surface area contributed by atoms with Gasteiger partial charge in [-0.05, 0) is 49.2 Å². The van der Waals surface area contributed by atoms with Gasteiger partial charge in [-0.3, -0.25) is 0 Å². The molecule has 1 saturated heterocycles. The van der Waals surface area contributed by atoms with Crippen LogP contribution in [0.3, 0.4) is 0 Å². The summed E-state index contributed by atoms with van der Waals surface area (Å²) in [5.74, 6) is -1.23. The van der Waals surface area contributed by atoms with Gasteiger partial charge in [0.25, 0.3) is 0 Å². The lowest BCUT2D eigenvalue weighted by molar-refractivity contribution is -0.164. The van der Waals surface area contributed by atoms with Crippen molar-refractivity contribution in [3.8, 4) is 12.1 Å². The smallest absolute Gasteiger partial charge is 0.378 e. The average Bonchev–Trinajstić information content (AvgIpc) is 3.35. The summed E-state index contributed by atoms with van der Waals surface area (Å²) in [4.78, 5) is 12.7. The summed E-state index contributed by atoms with van der Waals surface area (Å²) >= 11 is 0. The van der Waals surface area contributed by atoms with Gasteiger partial charge in [0.1, 0.15) is 19.3 Å². The second-order valence-electron chi connectivity index (χ2n) is 8.08. The highest BCUT2D eigenvalue weighted by molar-refractivity contribution is 5.89. The fraction of sp³-hybridized carbons (Fsp3) is 0.320. The molecule has 8 heteroatoms. The van der Waals surface area contributed by atoms with E-state index >= 15 is 0 Å². The van der Waals surface area contributed by atoms with Crippen molar-refractivity contribution in [2.24, 2.45) is 0 Å². The van der Waals surface area contributed by atoms with E-state index in [4.69, 9.17) is 34.2 Å². The molecule has 4 rings (SSSR count). The first kappa shape index (κ1) is 22.3. The molecule has 0 unspecified atom stereocenters. The molecule has 0 spiro atoms. The lowest BCUT2D eigenvalue weighted by atomic mass is 10.1. The average molecular weight is 446 g/mol. The monoisotopic (exact) mass is 446 g/mol. The highest BCUT2D eigenvalue weighted by atomic mass is 16.8. The Balaban J connectivity index is 1.55. The molecule has 33 heavy (non-hydrogen) atoms. The Morgan fingerprint density at radius 1 is 0.939 bits per heavy atom. The van der Waals surface area contributed by atoms with Crippen molar-refractivity contribution in [3.05, 3.63) is 82.3 Å². The van der Waals surface area contributed by atoms with Crippen LogP contribution in [0.25, 0.3) is 0 Å². The number of rotatable bonds is 7. The molecule has 0 aromatic heterocycles. The van der Waals surface area contributed by atoms with Crippen molar-refractivity contribution < 1.29 is 28.5 Å². The standard InChI is InChI=1S/C25H22N2O6/c1-25(2)31-15-20(33-25)21-22(29-13-18-7-3-16(11-26)4-8-18)23(24(28)32-21)30-14-19-9-5-17(12-27)6-10-19/h3-10,20-21H,13-15H2,1-2H3/t20-,21+/m0/s1. The van der Waals surface area contributed by atoms with E-state index in [0.717, 1.165) is 11.1 Å². The summed E-state index contributed by atoms with van der Waals surface area (Å²) in [6.07, 6.45) is -1.36. The summed E-state index contributed by atoms with van der Waals surface area (Å²) in [6, 6.07) is 17.9. The van der Waals surface area contributed by atoms with Crippen molar-refractivity contribution in [1.29, 1.82) is 10.5 Å². The Hall–Kier alpha value is -3.85. The molecule has 2 aliphatic heterocycles. The number of nitriles is 2. The summed E-state index contributed by atoms with van der Waals surface area (Å²) in [5.41, 5.74) is 2.67. The molecule has 0 N–H and O–H groups in total. The zero-order valence-electron chi connectivity index (χ0n) is 18.2. The molecule has 2 atom stereocenters. The van der Waals surface area contributed by atoms with Gasteiger partial charge >= 0.3 is 5.97 Å². The lowest BCUT2D eigenvalue weighted by Gasteiger charge is -2.22. The van der Waals surface area contributed by atoms with Gasteiger partial charge in [0.2, 0.25) is 5.76 Å². The normalized spacial score (nSPS) is 21.3. The summed E-state index contributed by atoms with van der Waals surface area (Å²) in [7, 11) is 0. The number of ether oxygens (including phenoxy) is 5. The molecule has 2 aliphatic rings. The Bertz CT molecular complexity index is 1140. The van der Waals surface area contributed by atoms with Crippen LogP contribution >= 0.6 is 0 Å². The van der Waals surface area contributed by atoms with Crippen LogP contribution in [0.1, 0.15) is 36.1 Å². The lowest BCUT2D eigenvalue weighted by Crippen LogP contribution is -2.33. The molecule has 168 valence electrons. The van der Waals surface area contributed by atoms with E-state index in [1.165, 1.54) is 0 Å². The molecule has 0 amide bonds. The third-order valence-corrected chi connectivity index (χ3v) is 5.21. The first-order valence-corrected chi connectivity index (χ1v) is 10.4. The van der Waals surface area contributed by atoms with Crippen LogP contribution in [-0.2, 0) is 41.7 Å². The largest absolute Gasteiger partial charge is 0.485 e. The van der Waals surface area contributed by atoms with Crippen LogP contribution in [0.15, 0.2) is 60.0 Å². The van der Waals surface area contributed by atoms with Crippen LogP contribution in [-0.4, -0.2) is 30.6 Å².